The molecule has 9 heteroatoms. The standard InChI is InChI=1S/C28H27N7O2/c1-18-16-34(17-30-18)24-10-9-23(31-28(24)37-3)26-32-27-21(7-5-13-35(27)33-26)19-8-11-25(36-2)22(14-19)20-6-4-12-29-15-20/h4,6,8-12,14-17,21H,5,7,13H2,1-3H3/t21-/m1/s1. The third-order valence-electron chi connectivity index (χ3n) is 6.73. The van der Waals surface area contributed by atoms with Gasteiger partial charge in [0.15, 0.2) is 5.82 Å². The van der Waals surface area contributed by atoms with Crippen LogP contribution >= 0.6 is 0 Å². The summed E-state index contributed by atoms with van der Waals surface area (Å²) >= 11 is 0. The van der Waals surface area contributed by atoms with Crippen molar-refractivity contribution in [1.29, 1.82) is 0 Å². The second kappa shape index (κ2) is 9.50. The maximum absolute atomic E-state index is 5.65. The van der Waals surface area contributed by atoms with Crippen LogP contribution in [0, 0.1) is 6.92 Å². The highest BCUT2D eigenvalue weighted by molar-refractivity contribution is 5.71. The average Bonchev–Trinajstić information content (AvgIpc) is 3.59. The molecule has 0 N–H and O–H groups in total. The molecule has 1 atom stereocenters. The molecule has 6 rings (SSSR count). The topological polar surface area (TPSA) is 92.8 Å². The van der Waals surface area contributed by atoms with Gasteiger partial charge in [-0.2, -0.15) is 0 Å². The van der Waals surface area contributed by atoms with Gasteiger partial charge in [-0.25, -0.2) is 19.6 Å². The Hall–Kier alpha value is -4.53. The number of pyridine rings is 2. The minimum absolute atomic E-state index is 0.117. The first kappa shape index (κ1) is 22.9. The van der Waals surface area contributed by atoms with Crippen LogP contribution in [0.15, 0.2) is 67.4 Å². The molecule has 0 spiro atoms. The Bertz CT molecular complexity index is 1560. The lowest BCUT2D eigenvalue weighted by atomic mass is 9.89. The summed E-state index contributed by atoms with van der Waals surface area (Å²) in [6, 6.07) is 14.2. The number of benzene rings is 1. The van der Waals surface area contributed by atoms with E-state index in [2.05, 4.69) is 22.1 Å². The van der Waals surface area contributed by atoms with E-state index in [4.69, 9.17) is 24.5 Å². The van der Waals surface area contributed by atoms with Crippen molar-refractivity contribution in [3.8, 4) is 40.0 Å². The summed E-state index contributed by atoms with van der Waals surface area (Å²) in [6.45, 7) is 2.78. The molecule has 0 bridgehead atoms. The molecule has 1 aliphatic heterocycles. The number of nitrogens with zero attached hydrogens (tertiary/aromatic N) is 7. The van der Waals surface area contributed by atoms with Crippen LogP contribution in [0.1, 0.15) is 35.8 Å². The maximum atomic E-state index is 5.65. The minimum Gasteiger partial charge on any atom is -0.496 e. The van der Waals surface area contributed by atoms with Gasteiger partial charge in [0, 0.05) is 42.2 Å². The van der Waals surface area contributed by atoms with Gasteiger partial charge in [0.1, 0.15) is 23.0 Å². The smallest absolute Gasteiger partial charge is 0.238 e. The second-order valence-electron chi connectivity index (χ2n) is 9.06. The molecule has 0 unspecified atom stereocenters. The van der Waals surface area contributed by atoms with Gasteiger partial charge in [0.2, 0.25) is 5.88 Å². The van der Waals surface area contributed by atoms with Crippen LogP contribution in [0.5, 0.6) is 11.6 Å². The molecule has 0 fully saturated rings. The maximum Gasteiger partial charge on any atom is 0.238 e. The number of ether oxygens (including phenoxy) is 2. The summed E-state index contributed by atoms with van der Waals surface area (Å²) in [5, 5.41) is 4.83. The van der Waals surface area contributed by atoms with Gasteiger partial charge >= 0.3 is 0 Å². The van der Waals surface area contributed by atoms with Crippen LogP contribution in [-0.2, 0) is 6.54 Å². The molecule has 4 aromatic heterocycles. The lowest BCUT2D eigenvalue weighted by molar-refractivity contribution is 0.396. The molecule has 0 amide bonds. The van der Waals surface area contributed by atoms with Crippen molar-refractivity contribution in [2.75, 3.05) is 14.2 Å². The van der Waals surface area contributed by atoms with E-state index >= 15 is 0 Å². The predicted molar refractivity (Wildman–Crippen MR) is 139 cm³/mol. The third kappa shape index (κ3) is 4.22. The summed E-state index contributed by atoms with van der Waals surface area (Å²) in [4.78, 5) is 18.3. The van der Waals surface area contributed by atoms with Crippen molar-refractivity contribution in [1.82, 2.24) is 34.3 Å². The summed E-state index contributed by atoms with van der Waals surface area (Å²) in [6.07, 6.45) is 9.33. The lowest BCUT2D eigenvalue weighted by Crippen LogP contribution is -2.18. The van der Waals surface area contributed by atoms with Gasteiger partial charge in [-0.3, -0.25) is 4.98 Å². The van der Waals surface area contributed by atoms with Crippen molar-refractivity contribution in [2.24, 2.45) is 0 Å². The fourth-order valence-electron chi connectivity index (χ4n) is 4.92. The number of hydrogen-bond acceptors (Lipinski definition) is 7. The highest BCUT2D eigenvalue weighted by Gasteiger charge is 2.27. The SMILES string of the molecule is COc1ccc([C@H]2CCCn3nc(-c4ccc(-n5cnc(C)c5)c(OC)n4)nc32)cc1-c1cccnc1. The van der Waals surface area contributed by atoms with Crippen LogP contribution in [0.25, 0.3) is 28.3 Å². The van der Waals surface area contributed by atoms with E-state index < -0.39 is 0 Å². The van der Waals surface area contributed by atoms with Crippen LogP contribution in [0.2, 0.25) is 0 Å². The fraction of sp³-hybridized carbons (Fsp3) is 0.250. The molecular formula is C28H27N7O2. The first-order valence-electron chi connectivity index (χ1n) is 12.2. The minimum atomic E-state index is 0.117. The molecule has 0 saturated carbocycles. The van der Waals surface area contributed by atoms with E-state index in [0.717, 1.165) is 53.5 Å². The number of fused-ring (bicyclic) bond motifs is 1. The van der Waals surface area contributed by atoms with E-state index in [1.165, 1.54) is 5.56 Å². The second-order valence-corrected chi connectivity index (χ2v) is 9.06. The summed E-state index contributed by atoms with van der Waals surface area (Å²) in [5.74, 6) is 2.97. The lowest BCUT2D eigenvalue weighted by Gasteiger charge is -2.23. The molecule has 1 aliphatic rings. The predicted octanol–water partition coefficient (Wildman–Crippen LogP) is 4.84. The Morgan fingerprint density at radius 2 is 1.95 bits per heavy atom. The molecular weight excluding hydrogens is 466 g/mol. The van der Waals surface area contributed by atoms with E-state index in [1.54, 1.807) is 26.7 Å². The van der Waals surface area contributed by atoms with Gasteiger partial charge in [-0.1, -0.05) is 12.1 Å². The van der Waals surface area contributed by atoms with Crippen molar-refractivity contribution >= 4 is 0 Å². The third-order valence-corrected chi connectivity index (χ3v) is 6.73. The van der Waals surface area contributed by atoms with E-state index in [-0.39, 0.29) is 5.92 Å². The van der Waals surface area contributed by atoms with Gasteiger partial charge in [-0.15, -0.1) is 5.10 Å². The van der Waals surface area contributed by atoms with E-state index in [0.29, 0.717) is 17.4 Å². The highest BCUT2D eigenvalue weighted by atomic mass is 16.5. The monoisotopic (exact) mass is 493 g/mol. The van der Waals surface area contributed by atoms with Gasteiger partial charge in [-0.05, 0) is 55.7 Å². The van der Waals surface area contributed by atoms with E-state index in [1.807, 2.05) is 58.9 Å². The van der Waals surface area contributed by atoms with Crippen molar-refractivity contribution in [2.45, 2.75) is 32.2 Å². The average molecular weight is 494 g/mol. The fourth-order valence-corrected chi connectivity index (χ4v) is 4.92. The Morgan fingerprint density at radius 3 is 2.70 bits per heavy atom. The molecule has 9 nitrogen and oxygen atoms in total. The first-order chi connectivity index (χ1) is 18.1. The van der Waals surface area contributed by atoms with Gasteiger partial charge in [0.25, 0.3) is 0 Å². The molecule has 186 valence electrons. The number of methoxy groups -OCH3 is 2. The molecule has 0 saturated heterocycles. The van der Waals surface area contributed by atoms with Crippen LogP contribution in [-0.4, -0.2) is 48.5 Å². The molecule has 5 aromatic rings. The van der Waals surface area contributed by atoms with Gasteiger partial charge < -0.3 is 14.0 Å². The summed E-state index contributed by atoms with van der Waals surface area (Å²) in [7, 11) is 3.31. The Kier molecular flexibility index (Phi) is 5.88. The first-order valence-corrected chi connectivity index (χ1v) is 12.2. The van der Waals surface area contributed by atoms with E-state index in [9.17, 15) is 0 Å². The number of imidazole rings is 1. The largest absolute Gasteiger partial charge is 0.496 e. The quantitative estimate of drug-likeness (QED) is 0.334. The number of aryl methyl sites for hydroxylation is 2. The van der Waals surface area contributed by atoms with Crippen molar-refractivity contribution in [3.05, 3.63) is 84.5 Å². The Morgan fingerprint density at radius 1 is 1.03 bits per heavy atom. The Labute approximate surface area is 214 Å². The molecule has 0 radical (unpaired) electrons. The highest BCUT2D eigenvalue weighted by Crippen LogP contribution is 2.38. The van der Waals surface area contributed by atoms with Crippen molar-refractivity contribution < 1.29 is 9.47 Å². The number of rotatable bonds is 6. The molecule has 37 heavy (non-hydrogen) atoms. The molecule has 1 aromatic carbocycles. The Balaban J connectivity index is 1.37. The summed E-state index contributed by atoms with van der Waals surface area (Å²) < 4.78 is 15.2. The summed E-state index contributed by atoms with van der Waals surface area (Å²) in [5.41, 5.74) is 5.62. The zero-order valence-electron chi connectivity index (χ0n) is 21.0. The zero-order chi connectivity index (χ0) is 25.4. The van der Waals surface area contributed by atoms with Crippen LogP contribution < -0.4 is 9.47 Å². The van der Waals surface area contributed by atoms with Crippen molar-refractivity contribution in [3.63, 3.8) is 0 Å². The zero-order valence-corrected chi connectivity index (χ0v) is 21.0. The normalized spacial score (nSPS) is 14.8. The van der Waals surface area contributed by atoms with Crippen LogP contribution in [0.4, 0.5) is 0 Å². The van der Waals surface area contributed by atoms with Gasteiger partial charge in [0.05, 0.1) is 26.2 Å². The van der Waals surface area contributed by atoms with Crippen LogP contribution in [0.3, 0.4) is 0 Å². The molecule has 5 heterocycles. The number of hydrogen-bond donors (Lipinski definition) is 0. The number of aromatic nitrogens is 7. The molecule has 0 aliphatic carbocycles.